The van der Waals surface area contributed by atoms with Crippen molar-refractivity contribution in [3.8, 4) is 0 Å². The average molecular weight is 429 g/mol. The van der Waals surface area contributed by atoms with Crippen LogP contribution in [0.3, 0.4) is 0 Å². The summed E-state index contributed by atoms with van der Waals surface area (Å²) in [5, 5.41) is 14.7. The molecule has 0 spiro atoms. The highest BCUT2D eigenvalue weighted by Gasteiger charge is 2.54. The van der Waals surface area contributed by atoms with Gasteiger partial charge >= 0.3 is 0 Å². The smallest absolute Gasteiger partial charge is 0.254 e. The van der Waals surface area contributed by atoms with Gasteiger partial charge in [0.05, 0.1) is 11.7 Å². The quantitative estimate of drug-likeness (QED) is 0.769. The number of hydrogen-bond acceptors (Lipinski definition) is 5. The molecule has 7 heteroatoms. The Morgan fingerprint density at radius 2 is 1.84 bits per heavy atom. The van der Waals surface area contributed by atoms with E-state index >= 15 is 0 Å². The first-order valence-electron chi connectivity index (χ1n) is 11.8. The van der Waals surface area contributed by atoms with Gasteiger partial charge in [0.2, 0.25) is 5.91 Å². The van der Waals surface area contributed by atoms with Crippen molar-refractivity contribution in [1.29, 1.82) is 0 Å². The zero-order valence-electron chi connectivity index (χ0n) is 19.0. The molecule has 1 aliphatic heterocycles. The second-order valence-corrected chi connectivity index (χ2v) is 10.3. The number of nitrogens with zero attached hydrogens (tertiary/aromatic N) is 3. The lowest BCUT2D eigenvalue weighted by atomic mass is 9.51. The highest BCUT2D eigenvalue weighted by atomic mass is 16.3. The van der Waals surface area contributed by atoms with Gasteiger partial charge in [-0.1, -0.05) is 20.8 Å². The normalized spacial score (nSPS) is 36.5. The molecule has 0 unspecified atom stereocenters. The van der Waals surface area contributed by atoms with Crippen molar-refractivity contribution in [3.63, 3.8) is 0 Å². The Morgan fingerprint density at radius 3 is 2.52 bits per heavy atom. The van der Waals surface area contributed by atoms with Crippen LogP contribution >= 0.6 is 0 Å². The van der Waals surface area contributed by atoms with Gasteiger partial charge in [0.1, 0.15) is 6.33 Å². The van der Waals surface area contributed by atoms with Crippen molar-refractivity contribution >= 4 is 11.8 Å². The first-order chi connectivity index (χ1) is 14.8. The van der Waals surface area contributed by atoms with Crippen molar-refractivity contribution in [1.82, 2.24) is 20.2 Å². The molecule has 0 aromatic carbocycles. The lowest BCUT2D eigenvalue weighted by Crippen LogP contribution is -2.58. The molecule has 31 heavy (non-hydrogen) atoms. The molecule has 2 heterocycles. The van der Waals surface area contributed by atoms with Crippen LogP contribution in [0.15, 0.2) is 18.7 Å². The van der Waals surface area contributed by atoms with Gasteiger partial charge in [-0.25, -0.2) is 9.97 Å². The maximum atomic E-state index is 13.0. The number of aromatic nitrogens is 2. The summed E-state index contributed by atoms with van der Waals surface area (Å²) in [6.07, 6.45) is 9.87. The number of rotatable bonds is 4. The van der Waals surface area contributed by atoms with E-state index in [9.17, 15) is 14.7 Å². The number of fused-ring (bicyclic) bond motifs is 1. The van der Waals surface area contributed by atoms with E-state index in [0.717, 1.165) is 51.6 Å². The van der Waals surface area contributed by atoms with E-state index in [-0.39, 0.29) is 46.9 Å². The molecule has 1 saturated heterocycles. The topological polar surface area (TPSA) is 95.4 Å². The Morgan fingerprint density at radius 1 is 1.19 bits per heavy atom. The van der Waals surface area contributed by atoms with Crippen LogP contribution in [0.5, 0.6) is 0 Å². The second kappa shape index (κ2) is 8.85. The number of aliphatic hydroxyl groups is 1. The number of hydrogen-bond donors (Lipinski definition) is 2. The van der Waals surface area contributed by atoms with Crippen molar-refractivity contribution in [3.05, 3.63) is 24.3 Å². The first kappa shape index (κ1) is 22.2. The van der Waals surface area contributed by atoms with Crippen LogP contribution in [0.1, 0.15) is 69.7 Å². The average Bonchev–Trinajstić information content (AvgIpc) is 3.30. The number of likely N-dealkylation sites (tertiary alicyclic amines) is 1. The van der Waals surface area contributed by atoms with Gasteiger partial charge in [0.25, 0.3) is 5.91 Å². The molecule has 1 aromatic rings. The van der Waals surface area contributed by atoms with E-state index in [0.29, 0.717) is 5.56 Å². The van der Waals surface area contributed by atoms with Gasteiger partial charge in [-0.2, -0.15) is 0 Å². The molecule has 3 fully saturated rings. The van der Waals surface area contributed by atoms with Crippen LogP contribution < -0.4 is 5.32 Å². The minimum Gasteiger partial charge on any atom is -0.392 e. The van der Waals surface area contributed by atoms with E-state index in [1.807, 2.05) is 11.8 Å². The summed E-state index contributed by atoms with van der Waals surface area (Å²) in [5.74, 6) is 0.0280. The molecule has 2 aliphatic carbocycles. The molecule has 4 rings (SSSR count). The summed E-state index contributed by atoms with van der Waals surface area (Å²) in [6.45, 7) is 8.12. The van der Waals surface area contributed by atoms with E-state index in [4.69, 9.17) is 0 Å². The Kier molecular flexibility index (Phi) is 6.33. The predicted molar refractivity (Wildman–Crippen MR) is 117 cm³/mol. The van der Waals surface area contributed by atoms with Crippen molar-refractivity contribution < 1.29 is 14.7 Å². The monoisotopic (exact) mass is 428 g/mol. The Hall–Kier alpha value is -2.02. The standard InChI is InChI=1S/C24H36N4O3/c1-15(23(31)28-10-4-5-11-28)18-6-8-24(3)9-7-19(16(2)20(24)21(18)29)27-22(30)17-12-25-14-26-13-17/h12-16,18-21,29H,4-11H2,1-3H3,(H,27,30)/t15-,16-,18+,19-,20+,21-,24+/m0/s1. The predicted octanol–water partition coefficient (Wildman–Crippen LogP) is 2.66. The van der Waals surface area contributed by atoms with E-state index in [1.54, 1.807) is 0 Å². The van der Waals surface area contributed by atoms with Gasteiger partial charge < -0.3 is 15.3 Å². The van der Waals surface area contributed by atoms with E-state index in [2.05, 4.69) is 29.1 Å². The SMILES string of the molecule is C[C@@H]1[C@@H]2[C@@H](O)[C@@H]([C@H](C)C(=O)N3CCCC3)CC[C@]2(C)CC[C@@H]1NC(=O)c1cncnc1. The fraction of sp³-hybridized carbons (Fsp3) is 0.750. The highest BCUT2D eigenvalue weighted by molar-refractivity contribution is 5.93. The zero-order valence-corrected chi connectivity index (χ0v) is 19.0. The lowest BCUT2D eigenvalue weighted by Gasteiger charge is -2.56. The van der Waals surface area contributed by atoms with Crippen molar-refractivity contribution in [2.75, 3.05) is 13.1 Å². The maximum Gasteiger partial charge on any atom is 0.254 e. The fourth-order valence-corrected chi connectivity index (χ4v) is 6.57. The van der Waals surface area contributed by atoms with Crippen LogP contribution in [0.2, 0.25) is 0 Å². The lowest BCUT2D eigenvalue weighted by molar-refractivity contribution is -0.149. The number of nitrogens with one attached hydrogen (secondary N) is 1. The highest BCUT2D eigenvalue weighted by Crippen LogP contribution is 2.55. The summed E-state index contributed by atoms with van der Waals surface area (Å²) in [4.78, 5) is 35.6. The molecule has 2 saturated carbocycles. The fourth-order valence-electron chi connectivity index (χ4n) is 6.57. The number of aliphatic hydroxyl groups excluding tert-OH is 1. The second-order valence-electron chi connectivity index (χ2n) is 10.3. The third-order valence-electron chi connectivity index (χ3n) is 8.48. The van der Waals surface area contributed by atoms with Crippen LogP contribution in [-0.2, 0) is 4.79 Å². The maximum absolute atomic E-state index is 13.0. The summed E-state index contributed by atoms with van der Waals surface area (Å²) in [5.41, 5.74) is 0.498. The number of carbonyl (C=O) groups excluding carboxylic acids is 2. The molecular weight excluding hydrogens is 392 g/mol. The van der Waals surface area contributed by atoms with Crippen LogP contribution in [0.25, 0.3) is 0 Å². The van der Waals surface area contributed by atoms with E-state index in [1.165, 1.54) is 18.7 Å². The molecule has 7 nitrogen and oxygen atoms in total. The molecule has 1 aromatic heterocycles. The van der Waals surface area contributed by atoms with Gasteiger partial charge in [-0.05, 0) is 61.7 Å². The molecule has 2 amide bonds. The molecular formula is C24H36N4O3. The number of carbonyl (C=O) groups is 2. The minimum absolute atomic E-state index is 0.0104. The Labute approximate surface area is 185 Å². The minimum atomic E-state index is -0.532. The van der Waals surface area contributed by atoms with Gasteiger partial charge in [-0.15, -0.1) is 0 Å². The Bertz CT molecular complexity index is 797. The molecule has 170 valence electrons. The molecule has 7 atom stereocenters. The van der Waals surface area contributed by atoms with Crippen molar-refractivity contribution in [2.24, 2.45) is 29.1 Å². The third kappa shape index (κ3) is 4.21. The molecule has 0 radical (unpaired) electrons. The molecule has 0 bridgehead atoms. The van der Waals surface area contributed by atoms with Crippen LogP contribution in [0, 0.1) is 29.1 Å². The summed E-state index contributed by atoms with van der Waals surface area (Å²) in [7, 11) is 0. The summed E-state index contributed by atoms with van der Waals surface area (Å²) in [6, 6.07) is -0.0104. The first-order valence-corrected chi connectivity index (χ1v) is 11.8. The van der Waals surface area contributed by atoms with Crippen molar-refractivity contribution in [2.45, 2.75) is 71.4 Å². The molecule has 3 aliphatic rings. The van der Waals surface area contributed by atoms with Crippen LogP contribution in [-0.4, -0.2) is 57.0 Å². The summed E-state index contributed by atoms with van der Waals surface area (Å²) < 4.78 is 0. The summed E-state index contributed by atoms with van der Waals surface area (Å²) >= 11 is 0. The van der Waals surface area contributed by atoms with Gasteiger partial charge in [0.15, 0.2) is 0 Å². The largest absolute Gasteiger partial charge is 0.392 e. The zero-order chi connectivity index (χ0) is 22.2. The molecule has 2 N–H and O–H groups in total. The van der Waals surface area contributed by atoms with Crippen LogP contribution in [0.4, 0.5) is 0 Å². The Balaban J connectivity index is 1.48. The third-order valence-corrected chi connectivity index (χ3v) is 8.48. The van der Waals surface area contributed by atoms with Gasteiger partial charge in [0, 0.05) is 37.4 Å². The van der Waals surface area contributed by atoms with Gasteiger partial charge in [-0.3, -0.25) is 9.59 Å². The number of amides is 2. The van der Waals surface area contributed by atoms with E-state index < -0.39 is 6.10 Å².